The number of hydrazone groups is 1. The predicted octanol–water partition coefficient (Wildman–Crippen LogP) is 2.14. The molecule has 29 heavy (non-hydrogen) atoms. The van der Waals surface area contributed by atoms with E-state index in [0.717, 1.165) is 5.56 Å². The summed E-state index contributed by atoms with van der Waals surface area (Å²) in [5.74, 6) is -0.882. The summed E-state index contributed by atoms with van der Waals surface area (Å²) < 4.78 is 15.9. The molecule has 0 atom stereocenters. The molecular weight excluding hydrogens is 398 g/mol. The molecule has 0 saturated heterocycles. The van der Waals surface area contributed by atoms with Gasteiger partial charge in [-0.05, 0) is 23.3 Å². The van der Waals surface area contributed by atoms with Crippen LogP contribution in [0.15, 0.2) is 47.6 Å². The molecule has 0 aliphatic rings. The number of nitrogens with zero attached hydrogens (tertiary/aromatic N) is 1. The number of nitrogens with one attached hydrogen (secondary N) is 2. The Balaban J connectivity index is 1.99. The highest BCUT2D eigenvalue weighted by Crippen LogP contribution is 2.36. The van der Waals surface area contributed by atoms with Gasteiger partial charge in [0.1, 0.15) is 6.61 Å². The lowest BCUT2D eigenvalue weighted by molar-refractivity contribution is -0.139. The van der Waals surface area contributed by atoms with E-state index in [1.54, 1.807) is 12.1 Å². The van der Waals surface area contributed by atoms with E-state index in [9.17, 15) is 9.59 Å². The number of hydrogen-bond donors (Lipinski definition) is 2. The number of carbonyl (C=O) groups excluding carboxylic acids is 2. The lowest BCUT2D eigenvalue weighted by Gasteiger charge is -2.13. The van der Waals surface area contributed by atoms with Crippen LogP contribution in [0.3, 0.4) is 0 Å². The Morgan fingerprint density at radius 3 is 2.59 bits per heavy atom. The molecule has 0 saturated carbocycles. The Morgan fingerprint density at radius 1 is 1.14 bits per heavy atom. The maximum atomic E-state index is 11.6. The Hall–Kier alpha value is -3.10. The Morgan fingerprint density at radius 2 is 1.90 bits per heavy atom. The first kappa shape index (κ1) is 22.2. The predicted molar refractivity (Wildman–Crippen MR) is 109 cm³/mol. The van der Waals surface area contributed by atoms with Gasteiger partial charge in [0.25, 0.3) is 0 Å². The molecule has 0 radical (unpaired) electrons. The molecule has 0 unspecified atom stereocenters. The van der Waals surface area contributed by atoms with E-state index in [0.29, 0.717) is 35.3 Å². The number of amides is 2. The van der Waals surface area contributed by atoms with Gasteiger partial charge in [-0.25, -0.2) is 5.43 Å². The van der Waals surface area contributed by atoms with Crippen LogP contribution in [0, 0.1) is 0 Å². The monoisotopic (exact) mass is 419 g/mol. The number of hydrogen-bond acceptors (Lipinski definition) is 6. The first-order valence-corrected chi connectivity index (χ1v) is 9.07. The van der Waals surface area contributed by atoms with E-state index >= 15 is 0 Å². The quantitative estimate of drug-likeness (QED) is 0.281. The van der Waals surface area contributed by atoms with Crippen molar-refractivity contribution in [3.63, 3.8) is 0 Å². The number of benzene rings is 2. The Labute approximate surface area is 173 Å². The van der Waals surface area contributed by atoms with E-state index in [2.05, 4.69) is 15.8 Å². The molecule has 9 heteroatoms. The molecule has 0 aromatic heterocycles. The van der Waals surface area contributed by atoms with E-state index in [4.69, 9.17) is 25.8 Å². The van der Waals surface area contributed by atoms with Crippen LogP contribution >= 0.6 is 11.6 Å². The van der Waals surface area contributed by atoms with Gasteiger partial charge in [0.2, 0.25) is 0 Å². The fourth-order valence-corrected chi connectivity index (χ4v) is 2.52. The number of carbonyl (C=O) groups is 2. The molecule has 2 amide bonds. The highest BCUT2D eigenvalue weighted by Gasteiger charge is 2.13. The van der Waals surface area contributed by atoms with Crippen molar-refractivity contribution in [2.45, 2.75) is 6.61 Å². The maximum Gasteiger partial charge on any atom is 0.329 e. The van der Waals surface area contributed by atoms with Crippen molar-refractivity contribution in [3.8, 4) is 11.5 Å². The SMILES string of the molecule is COCCNC(=O)C(=O)N/N=C\c1cc(Cl)c(OCc2ccccc2)c(OC)c1. The maximum absolute atomic E-state index is 11.6. The van der Waals surface area contributed by atoms with Crippen molar-refractivity contribution in [1.82, 2.24) is 10.7 Å². The first-order valence-electron chi connectivity index (χ1n) is 8.69. The minimum Gasteiger partial charge on any atom is -0.493 e. The van der Waals surface area contributed by atoms with Gasteiger partial charge in [0.15, 0.2) is 11.5 Å². The van der Waals surface area contributed by atoms with Crippen LogP contribution in [0.1, 0.15) is 11.1 Å². The minimum atomic E-state index is -0.891. The fourth-order valence-electron chi connectivity index (χ4n) is 2.25. The zero-order chi connectivity index (χ0) is 21.1. The lowest BCUT2D eigenvalue weighted by Crippen LogP contribution is -2.39. The number of ether oxygens (including phenoxy) is 3. The Kier molecular flexibility index (Phi) is 8.94. The molecule has 0 heterocycles. The van der Waals surface area contributed by atoms with E-state index in [-0.39, 0.29) is 6.54 Å². The smallest absolute Gasteiger partial charge is 0.329 e. The summed E-state index contributed by atoms with van der Waals surface area (Å²) in [6, 6.07) is 12.9. The Bertz CT molecular complexity index is 859. The first-order chi connectivity index (χ1) is 14.0. The van der Waals surface area contributed by atoms with E-state index < -0.39 is 11.8 Å². The summed E-state index contributed by atoms with van der Waals surface area (Å²) >= 11 is 6.31. The molecule has 2 aromatic carbocycles. The fraction of sp³-hybridized carbons (Fsp3) is 0.250. The lowest BCUT2D eigenvalue weighted by atomic mass is 10.2. The van der Waals surface area contributed by atoms with Crippen LogP contribution in [-0.2, 0) is 20.9 Å². The van der Waals surface area contributed by atoms with Gasteiger partial charge in [0, 0.05) is 13.7 Å². The molecule has 0 fully saturated rings. The van der Waals surface area contributed by atoms with Crippen LogP contribution in [0.5, 0.6) is 11.5 Å². The molecule has 0 bridgehead atoms. The summed E-state index contributed by atoms with van der Waals surface area (Å²) in [5.41, 5.74) is 3.68. The van der Waals surface area contributed by atoms with Crippen molar-refractivity contribution in [2.24, 2.45) is 5.10 Å². The summed E-state index contributed by atoms with van der Waals surface area (Å²) in [6.07, 6.45) is 1.34. The third-order valence-corrected chi connectivity index (χ3v) is 3.94. The van der Waals surface area contributed by atoms with Crippen LogP contribution in [0.2, 0.25) is 5.02 Å². The van der Waals surface area contributed by atoms with Crippen molar-refractivity contribution >= 4 is 29.6 Å². The van der Waals surface area contributed by atoms with Crippen LogP contribution in [-0.4, -0.2) is 45.4 Å². The molecule has 154 valence electrons. The number of methoxy groups -OCH3 is 2. The van der Waals surface area contributed by atoms with Crippen LogP contribution in [0.25, 0.3) is 0 Å². The van der Waals surface area contributed by atoms with Gasteiger partial charge in [-0.2, -0.15) is 5.10 Å². The van der Waals surface area contributed by atoms with Gasteiger partial charge in [-0.3, -0.25) is 9.59 Å². The summed E-state index contributed by atoms with van der Waals surface area (Å²) in [5, 5.41) is 6.47. The number of rotatable bonds is 9. The molecule has 0 aliphatic heterocycles. The largest absolute Gasteiger partial charge is 0.493 e. The summed E-state index contributed by atoms with van der Waals surface area (Å²) in [4.78, 5) is 23.2. The second kappa shape index (κ2) is 11.7. The van der Waals surface area contributed by atoms with Gasteiger partial charge in [-0.1, -0.05) is 41.9 Å². The second-order valence-corrected chi connectivity index (χ2v) is 6.16. The van der Waals surface area contributed by atoms with Crippen molar-refractivity contribution in [3.05, 3.63) is 58.6 Å². The van der Waals surface area contributed by atoms with Gasteiger partial charge >= 0.3 is 11.8 Å². The third-order valence-electron chi connectivity index (χ3n) is 3.66. The molecule has 2 rings (SSSR count). The zero-order valence-electron chi connectivity index (χ0n) is 16.1. The minimum absolute atomic E-state index is 0.226. The number of halogens is 1. The highest BCUT2D eigenvalue weighted by molar-refractivity contribution is 6.35. The normalized spacial score (nSPS) is 10.6. The third kappa shape index (κ3) is 7.10. The van der Waals surface area contributed by atoms with Crippen molar-refractivity contribution in [1.29, 1.82) is 0 Å². The molecule has 0 spiro atoms. The molecule has 2 aromatic rings. The average molecular weight is 420 g/mol. The van der Waals surface area contributed by atoms with Crippen molar-refractivity contribution < 1.29 is 23.8 Å². The molecule has 0 aliphatic carbocycles. The van der Waals surface area contributed by atoms with Gasteiger partial charge < -0.3 is 19.5 Å². The standard InChI is InChI=1S/C20H22ClN3O5/c1-27-9-8-22-19(25)20(26)24-23-12-15-10-16(21)18(17(11-15)28-2)29-13-14-6-4-3-5-7-14/h3-7,10-12H,8-9,13H2,1-2H3,(H,22,25)(H,24,26)/b23-12-. The highest BCUT2D eigenvalue weighted by atomic mass is 35.5. The van der Waals surface area contributed by atoms with Crippen molar-refractivity contribution in [2.75, 3.05) is 27.4 Å². The van der Waals surface area contributed by atoms with Gasteiger partial charge in [-0.15, -0.1) is 0 Å². The summed E-state index contributed by atoms with van der Waals surface area (Å²) in [6.45, 7) is 0.863. The topological polar surface area (TPSA) is 98.2 Å². The molecular formula is C20H22ClN3O5. The second-order valence-electron chi connectivity index (χ2n) is 5.76. The van der Waals surface area contributed by atoms with Crippen LogP contribution < -0.4 is 20.2 Å². The summed E-state index contributed by atoms with van der Waals surface area (Å²) in [7, 11) is 2.99. The van der Waals surface area contributed by atoms with E-state index in [1.165, 1.54) is 20.4 Å². The van der Waals surface area contributed by atoms with Gasteiger partial charge in [0.05, 0.1) is 25.0 Å². The van der Waals surface area contributed by atoms with E-state index in [1.807, 2.05) is 30.3 Å². The molecule has 2 N–H and O–H groups in total. The zero-order valence-corrected chi connectivity index (χ0v) is 16.9. The van der Waals surface area contributed by atoms with Crippen LogP contribution in [0.4, 0.5) is 0 Å². The molecule has 8 nitrogen and oxygen atoms in total. The average Bonchev–Trinajstić information content (AvgIpc) is 2.73.